The Hall–Kier alpha value is -1.16. The van der Waals surface area contributed by atoms with E-state index in [9.17, 15) is 0 Å². The Morgan fingerprint density at radius 3 is 2.48 bits per heavy atom. The van der Waals surface area contributed by atoms with Crippen LogP contribution in [0.4, 0.5) is 0 Å². The summed E-state index contributed by atoms with van der Waals surface area (Å²) in [6, 6.07) is 13.0. The number of nitrogens with one attached hydrogen (secondary N) is 1. The highest BCUT2D eigenvalue weighted by Crippen LogP contribution is 2.35. The summed E-state index contributed by atoms with van der Waals surface area (Å²) in [6.45, 7) is 8.16. The van der Waals surface area contributed by atoms with Crippen molar-refractivity contribution in [1.82, 2.24) is 5.32 Å². The molecule has 1 N–H and O–H groups in total. The zero-order chi connectivity index (χ0) is 15.1. The van der Waals surface area contributed by atoms with Crippen molar-refractivity contribution in [2.45, 2.75) is 39.3 Å². The number of ether oxygens (including phenoxy) is 1. The van der Waals surface area contributed by atoms with E-state index in [4.69, 9.17) is 4.74 Å². The second-order valence-corrected chi connectivity index (χ2v) is 6.27. The molecule has 0 radical (unpaired) electrons. The Morgan fingerprint density at radius 2 is 1.90 bits per heavy atom. The van der Waals surface area contributed by atoms with Crippen LogP contribution in [0.5, 0.6) is 0 Å². The lowest BCUT2D eigenvalue weighted by Crippen LogP contribution is -2.29. The molecular formula is C18H25NOS. The largest absolute Gasteiger partial charge is 0.372 e. The van der Waals surface area contributed by atoms with Gasteiger partial charge in [-0.1, -0.05) is 37.3 Å². The molecule has 2 unspecified atom stereocenters. The number of hydrogen-bond donors (Lipinski definition) is 1. The van der Waals surface area contributed by atoms with E-state index in [0.29, 0.717) is 6.61 Å². The lowest BCUT2D eigenvalue weighted by Gasteiger charge is -2.29. The molecule has 1 aromatic carbocycles. The predicted octanol–water partition coefficient (Wildman–Crippen LogP) is 4.88. The average molecular weight is 303 g/mol. The fourth-order valence-corrected chi connectivity index (χ4v) is 3.35. The zero-order valence-corrected chi connectivity index (χ0v) is 14.0. The number of hydrogen-bond acceptors (Lipinski definition) is 3. The van der Waals surface area contributed by atoms with E-state index in [1.165, 1.54) is 16.0 Å². The van der Waals surface area contributed by atoms with Gasteiger partial charge in [0.25, 0.3) is 0 Å². The molecule has 3 heteroatoms. The van der Waals surface area contributed by atoms with Gasteiger partial charge in [-0.3, -0.25) is 0 Å². The summed E-state index contributed by atoms with van der Waals surface area (Å²) in [5, 5.41) is 5.84. The van der Waals surface area contributed by atoms with Crippen molar-refractivity contribution in [2.75, 3.05) is 13.2 Å². The van der Waals surface area contributed by atoms with Crippen LogP contribution in [0.25, 0.3) is 0 Å². The molecule has 114 valence electrons. The topological polar surface area (TPSA) is 21.3 Å². The van der Waals surface area contributed by atoms with Gasteiger partial charge in [-0.25, -0.2) is 0 Å². The monoisotopic (exact) mass is 303 g/mol. The average Bonchev–Trinajstić information content (AvgIpc) is 2.93. The van der Waals surface area contributed by atoms with Gasteiger partial charge >= 0.3 is 0 Å². The van der Waals surface area contributed by atoms with Crippen LogP contribution in [-0.4, -0.2) is 13.2 Å². The molecule has 2 rings (SSSR count). The summed E-state index contributed by atoms with van der Waals surface area (Å²) in [5.74, 6) is 0. The third-order valence-electron chi connectivity index (χ3n) is 3.63. The standard InChI is InChI=1S/C18H25NOS/c1-4-12-19-17(16-11-13-21-14(16)3)18(20-5-2)15-9-7-6-8-10-15/h6-11,13,17-19H,4-5,12H2,1-3H3. The molecule has 2 aromatic rings. The highest BCUT2D eigenvalue weighted by atomic mass is 32.1. The molecule has 0 bridgehead atoms. The second-order valence-electron chi connectivity index (χ2n) is 5.15. The molecule has 0 aliphatic carbocycles. The minimum absolute atomic E-state index is 0.0519. The van der Waals surface area contributed by atoms with Crippen molar-refractivity contribution < 1.29 is 4.74 Å². The van der Waals surface area contributed by atoms with Gasteiger partial charge in [-0.15, -0.1) is 11.3 Å². The summed E-state index contributed by atoms with van der Waals surface area (Å²) >= 11 is 1.80. The maximum Gasteiger partial charge on any atom is 0.102 e. The summed E-state index contributed by atoms with van der Waals surface area (Å²) < 4.78 is 6.11. The van der Waals surface area contributed by atoms with Crippen LogP contribution in [0, 0.1) is 6.92 Å². The molecule has 2 nitrogen and oxygen atoms in total. The molecular weight excluding hydrogens is 278 g/mol. The molecule has 0 saturated heterocycles. The molecule has 0 spiro atoms. The summed E-state index contributed by atoms with van der Waals surface area (Å²) in [4.78, 5) is 1.37. The van der Waals surface area contributed by atoms with Gasteiger partial charge in [-0.2, -0.15) is 0 Å². The van der Waals surface area contributed by atoms with Crippen LogP contribution < -0.4 is 5.32 Å². The van der Waals surface area contributed by atoms with Crippen molar-refractivity contribution in [3.05, 3.63) is 57.8 Å². The van der Waals surface area contributed by atoms with Crippen molar-refractivity contribution in [2.24, 2.45) is 0 Å². The number of aryl methyl sites for hydroxylation is 1. The van der Waals surface area contributed by atoms with Crippen molar-refractivity contribution in [1.29, 1.82) is 0 Å². The summed E-state index contributed by atoms with van der Waals surface area (Å²) in [6.07, 6.45) is 1.17. The first-order valence-corrected chi connectivity index (χ1v) is 8.59. The maximum atomic E-state index is 6.11. The Balaban J connectivity index is 2.33. The Labute approximate surface area is 132 Å². The van der Waals surface area contributed by atoms with Crippen molar-refractivity contribution in [3.8, 4) is 0 Å². The van der Waals surface area contributed by atoms with E-state index in [0.717, 1.165) is 13.0 Å². The fraction of sp³-hybridized carbons (Fsp3) is 0.444. The number of rotatable bonds is 8. The molecule has 0 aliphatic rings. The van der Waals surface area contributed by atoms with Gasteiger partial charge in [0, 0.05) is 11.5 Å². The van der Waals surface area contributed by atoms with E-state index in [-0.39, 0.29) is 12.1 Å². The SMILES string of the molecule is CCCNC(c1ccsc1C)C(OCC)c1ccccc1. The molecule has 0 saturated carbocycles. The van der Waals surface area contributed by atoms with Crippen molar-refractivity contribution >= 4 is 11.3 Å². The number of thiophene rings is 1. The Bertz CT molecular complexity index is 523. The first-order valence-electron chi connectivity index (χ1n) is 7.71. The molecule has 1 aromatic heterocycles. The van der Waals surface area contributed by atoms with Gasteiger partial charge < -0.3 is 10.1 Å². The first kappa shape index (κ1) is 16.2. The first-order chi connectivity index (χ1) is 10.3. The normalized spacial score (nSPS) is 14.0. The third-order valence-corrected chi connectivity index (χ3v) is 4.49. The van der Waals surface area contributed by atoms with Gasteiger partial charge in [0.05, 0.1) is 6.04 Å². The van der Waals surface area contributed by atoms with Gasteiger partial charge in [-0.05, 0) is 49.4 Å². The summed E-state index contributed by atoms with van der Waals surface area (Å²) in [5.41, 5.74) is 2.59. The zero-order valence-electron chi connectivity index (χ0n) is 13.1. The van der Waals surface area contributed by atoms with Crippen LogP contribution in [-0.2, 0) is 4.74 Å². The lowest BCUT2D eigenvalue weighted by molar-refractivity contribution is 0.0326. The minimum Gasteiger partial charge on any atom is -0.372 e. The van der Waals surface area contributed by atoms with E-state index < -0.39 is 0 Å². The molecule has 21 heavy (non-hydrogen) atoms. The van der Waals surface area contributed by atoms with Crippen LogP contribution >= 0.6 is 11.3 Å². The van der Waals surface area contributed by atoms with Gasteiger partial charge in [0.15, 0.2) is 0 Å². The minimum atomic E-state index is 0.0519. The lowest BCUT2D eigenvalue weighted by atomic mass is 9.96. The molecule has 0 amide bonds. The van der Waals surface area contributed by atoms with Crippen LogP contribution in [0.2, 0.25) is 0 Å². The molecule has 1 heterocycles. The summed E-state index contributed by atoms with van der Waals surface area (Å²) in [7, 11) is 0. The van der Waals surface area contributed by atoms with Crippen LogP contribution in [0.15, 0.2) is 41.8 Å². The van der Waals surface area contributed by atoms with Crippen LogP contribution in [0.3, 0.4) is 0 Å². The molecule has 2 atom stereocenters. The van der Waals surface area contributed by atoms with Gasteiger partial charge in [0.2, 0.25) is 0 Å². The molecule has 0 aliphatic heterocycles. The molecule has 0 fully saturated rings. The second kappa shape index (κ2) is 8.32. The Kier molecular flexibility index (Phi) is 6.43. The highest BCUT2D eigenvalue weighted by Gasteiger charge is 2.26. The van der Waals surface area contributed by atoms with E-state index in [2.05, 4.69) is 67.9 Å². The number of benzene rings is 1. The smallest absolute Gasteiger partial charge is 0.102 e. The Morgan fingerprint density at radius 1 is 1.14 bits per heavy atom. The highest BCUT2D eigenvalue weighted by molar-refractivity contribution is 7.10. The van der Waals surface area contributed by atoms with Gasteiger partial charge in [0.1, 0.15) is 6.10 Å². The maximum absolute atomic E-state index is 6.11. The third kappa shape index (κ3) is 4.16. The van der Waals surface area contributed by atoms with E-state index in [1.54, 1.807) is 11.3 Å². The van der Waals surface area contributed by atoms with E-state index in [1.807, 2.05) is 0 Å². The van der Waals surface area contributed by atoms with Crippen LogP contribution in [0.1, 0.15) is 48.4 Å². The fourth-order valence-electron chi connectivity index (χ4n) is 2.60. The predicted molar refractivity (Wildman–Crippen MR) is 90.9 cm³/mol. The quantitative estimate of drug-likeness (QED) is 0.751. The van der Waals surface area contributed by atoms with E-state index >= 15 is 0 Å². The van der Waals surface area contributed by atoms with Crippen molar-refractivity contribution in [3.63, 3.8) is 0 Å².